The molecule has 0 unspecified atom stereocenters. The third-order valence-corrected chi connectivity index (χ3v) is 4.14. The normalized spacial score (nSPS) is 18.4. The van der Waals surface area contributed by atoms with Gasteiger partial charge in [0.05, 0.1) is 13.2 Å². The topological polar surface area (TPSA) is 70.7 Å². The van der Waals surface area contributed by atoms with E-state index in [1.54, 1.807) is 24.3 Å². The molecule has 1 saturated carbocycles. The van der Waals surface area contributed by atoms with E-state index >= 15 is 0 Å². The van der Waals surface area contributed by atoms with Crippen LogP contribution in [0.1, 0.15) is 33.6 Å². The second-order valence-corrected chi connectivity index (χ2v) is 6.03. The Labute approximate surface area is 136 Å². The van der Waals surface area contributed by atoms with Gasteiger partial charge in [0, 0.05) is 43.3 Å². The van der Waals surface area contributed by atoms with Gasteiger partial charge in [-0.15, -0.1) is 0 Å². The predicted molar refractivity (Wildman–Crippen MR) is 86.5 cm³/mol. The first-order valence-electron chi connectivity index (χ1n) is 8.21. The average molecular weight is 317 g/mol. The van der Waals surface area contributed by atoms with Gasteiger partial charge in [-0.25, -0.2) is 0 Å². The minimum Gasteiger partial charge on any atom is -0.379 e. The Bertz CT molecular complexity index is 549. The second-order valence-electron chi connectivity index (χ2n) is 6.03. The number of carbonyl (C=O) groups is 2. The van der Waals surface area contributed by atoms with Crippen molar-refractivity contribution in [2.75, 3.05) is 39.4 Å². The molecule has 2 aliphatic rings. The van der Waals surface area contributed by atoms with Crippen LogP contribution in [0.25, 0.3) is 0 Å². The van der Waals surface area contributed by atoms with Crippen LogP contribution in [0.3, 0.4) is 0 Å². The van der Waals surface area contributed by atoms with E-state index in [1.807, 2.05) is 0 Å². The number of rotatable bonds is 6. The van der Waals surface area contributed by atoms with Crippen molar-refractivity contribution in [1.29, 1.82) is 0 Å². The van der Waals surface area contributed by atoms with Gasteiger partial charge < -0.3 is 15.4 Å². The summed E-state index contributed by atoms with van der Waals surface area (Å²) >= 11 is 0. The Kier molecular flexibility index (Phi) is 5.25. The Balaban J connectivity index is 1.44. The summed E-state index contributed by atoms with van der Waals surface area (Å²) in [7, 11) is 0. The van der Waals surface area contributed by atoms with Crippen molar-refractivity contribution in [3.8, 4) is 0 Å². The molecule has 1 aliphatic carbocycles. The van der Waals surface area contributed by atoms with Gasteiger partial charge in [0.15, 0.2) is 0 Å². The molecule has 124 valence electrons. The van der Waals surface area contributed by atoms with Gasteiger partial charge in [-0.2, -0.15) is 0 Å². The Hall–Kier alpha value is -1.92. The lowest BCUT2D eigenvalue weighted by atomic mass is 10.1. The molecule has 0 radical (unpaired) electrons. The standard InChI is InChI=1S/C17H23N3O3/c21-16(18-7-8-20-9-11-23-12-10-20)13-1-3-14(4-2-13)17(22)19-15-5-6-15/h1-4,15H,5-12H2,(H,18,21)(H,19,22). The maximum Gasteiger partial charge on any atom is 0.251 e. The molecule has 1 heterocycles. The van der Waals surface area contributed by atoms with E-state index in [0.717, 1.165) is 45.7 Å². The van der Waals surface area contributed by atoms with Crippen molar-refractivity contribution in [3.63, 3.8) is 0 Å². The quantitative estimate of drug-likeness (QED) is 0.808. The minimum absolute atomic E-state index is 0.0632. The molecule has 0 aromatic heterocycles. The molecular weight excluding hydrogens is 294 g/mol. The van der Waals surface area contributed by atoms with E-state index in [-0.39, 0.29) is 11.8 Å². The molecule has 6 nitrogen and oxygen atoms in total. The Morgan fingerprint density at radius 2 is 1.65 bits per heavy atom. The molecule has 6 heteroatoms. The summed E-state index contributed by atoms with van der Waals surface area (Å²) in [5.41, 5.74) is 1.18. The molecular formula is C17H23N3O3. The van der Waals surface area contributed by atoms with Crippen LogP contribution in [-0.2, 0) is 4.74 Å². The molecule has 0 spiro atoms. The molecule has 1 aromatic carbocycles. The number of ether oxygens (including phenoxy) is 1. The molecule has 23 heavy (non-hydrogen) atoms. The highest BCUT2D eigenvalue weighted by Crippen LogP contribution is 2.19. The molecule has 1 aliphatic heterocycles. The number of carbonyl (C=O) groups excluding carboxylic acids is 2. The molecule has 0 atom stereocenters. The Morgan fingerprint density at radius 1 is 1.04 bits per heavy atom. The molecule has 1 aromatic rings. The number of nitrogens with one attached hydrogen (secondary N) is 2. The van der Waals surface area contributed by atoms with Gasteiger partial charge >= 0.3 is 0 Å². The third kappa shape index (κ3) is 4.77. The summed E-state index contributed by atoms with van der Waals surface area (Å²) in [6.07, 6.45) is 2.13. The van der Waals surface area contributed by atoms with Crippen LogP contribution < -0.4 is 10.6 Å². The summed E-state index contributed by atoms with van der Waals surface area (Å²) in [6, 6.07) is 7.15. The highest BCUT2D eigenvalue weighted by molar-refractivity contribution is 5.97. The van der Waals surface area contributed by atoms with Gasteiger partial charge in [0.25, 0.3) is 11.8 Å². The van der Waals surface area contributed by atoms with E-state index < -0.39 is 0 Å². The molecule has 2 N–H and O–H groups in total. The zero-order valence-electron chi connectivity index (χ0n) is 13.2. The van der Waals surface area contributed by atoms with Gasteiger partial charge in [-0.3, -0.25) is 14.5 Å². The van der Waals surface area contributed by atoms with Crippen molar-refractivity contribution in [2.24, 2.45) is 0 Å². The number of morpholine rings is 1. The molecule has 1 saturated heterocycles. The van der Waals surface area contributed by atoms with E-state index in [4.69, 9.17) is 4.74 Å². The molecule has 0 bridgehead atoms. The third-order valence-electron chi connectivity index (χ3n) is 4.14. The van der Waals surface area contributed by atoms with Crippen molar-refractivity contribution in [1.82, 2.24) is 15.5 Å². The van der Waals surface area contributed by atoms with Gasteiger partial charge in [0.1, 0.15) is 0 Å². The van der Waals surface area contributed by atoms with Crippen molar-refractivity contribution < 1.29 is 14.3 Å². The number of hydrogen-bond donors (Lipinski definition) is 2. The predicted octanol–water partition coefficient (Wildman–Crippen LogP) is 0.641. The zero-order valence-corrected chi connectivity index (χ0v) is 13.2. The number of hydrogen-bond acceptors (Lipinski definition) is 4. The maximum atomic E-state index is 12.1. The second kappa shape index (κ2) is 7.57. The van der Waals surface area contributed by atoms with E-state index in [1.165, 1.54) is 0 Å². The average Bonchev–Trinajstić information content (AvgIpc) is 3.40. The van der Waals surface area contributed by atoms with Crippen LogP contribution in [0, 0.1) is 0 Å². The fourth-order valence-corrected chi connectivity index (χ4v) is 2.52. The lowest BCUT2D eigenvalue weighted by molar-refractivity contribution is 0.0383. The van der Waals surface area contributed by atoms with Gasteiger partial charge in [-0.1, -0.05) is 0 Å². The summed E-state index contributed by atoms with van der Waals surface area (Å²) in [5.74, 6) is -0.167. The van der Waals surface area contributed by atoms with Gasteiger partial charge in [0.2, 0.25) is 0 Å². The SMILES string of the molecule is O=C(NCCN1CCOCC1)c1ccc(C(=O)NC2CC2)cc1. The highest BCUT2D eigenvalue weighted by atomic mass is 16.5. The van der Waals surface area contributed by atoms with Crippen LogP contribution in [0.4, 0.5) is 0 Å². The molecule has 2 fully saturated rings. The maximum absolute atomic E-state index is 12.1. The first-order valence-corrected chi connectivity index (χ1v) is 8.21. The van der Waals surface area contributed by atoms with E-state index in [2.05, 4.69) is 15.5 Å². The smallest absolute Gasteiger partial charge is 0.251 e. The summed E-state index contributed by atoms with van der Waals surface area (Å²) < 4.78 is 5.29. The fraction of sp³-hybridized carbons (Fsp3) is 0.529. The van der Waals surface area contributed by atoms with Crippen LogP contribution in [0.5, 0.6) is 0 Å². The summed E-state index contributed by atoms with van der Waals surface area (Å²) in [6.45, 7) is 4.80. The molecule has 2 amide bonds. The van der Waals surface area contributed by atoms with Gasteiger partial charge in [-0.05, 0) is 37.1 Å². The first kappa shape index (κ1) is 16.0. The minimum atomic E-state index is -0.104. The lowest BCUT2D eigenvalue weighted by Gasteiger charge is -2.26. The number of benzene rings is 1. The van der Waals surface area contributed by atoms with Crippen molar-refractivity contribution >= 4 is 11.8 Å². The fourth-order valence-electron chi connectivity index (χ4n) is 2.52. The van der Waals surface area contributed by atoms with Crippen LogP contribution >= 0.6 is 0 Å². The number of amides is 2. The largest absolute Gasteiger partial charge is 0.379 e. The highest BCUT2D eigenvalue weighted by Gasteiger charge is 2.23. The Morgan fingerprint density at radius 3 is 2.26 bits per heavy atom. The lowest BCUT2D eigenvalue weighted by Crippen LogP contribution is -2.41. The first-order chi connectivity index (χ1) is 11.2. The van der Waals surface area contributed by atoms with Crippen molar-refractivity contribution in [2.45, 2.75) is 18.9 Å². The van der Waals surface area contributed by atoms with Crippen LogP contribution in [-0.4, -0.2) is 62.1 Å². The van der Waals surface area contributed by atoms with Crippen LogP contribution in [0.15, 0.2) is 24.3 Å². The van der Waals surface area contributed by atoms with E-state index in [9.17, 15) is 9.59 Å². The summed E-state index contributed by atoms with van der Waals surface area (Å²) in [4.78, 5) is 26.3. The van der Waals surface area contributed by atoms with E-state index in [0.29, 0.717) is 23.7 Å². The summed E-state index contributed by atoms with van der Waals surface area (Å²) in [5, 5.41) is 5.85. The number of nitrogens with zero attached hydrogens (tertiary/aromatic N) is 1. The molecule has 3 rings (SSSR count). The van der Waals surface area contributed by atoms with Crippen molar-refractivity contribution in [3.05, 3.63) is 35.4 Å². The zero-order chi connectivity index (χ0) is 16.1. The monoisotopic (exact) mass is 317 g/mol. The van der Waals surface area contributed by atoms with Crippen LogP contribution in [0.2, 0.25) is 0 Å².